The van der Waals surface area contributed by atoms with Crippen molar-refractivity contribution in [2.24, 2.45) is 0 Å². The second kappa shape index (κ2) is 3.96. The minimum atomic E-state index is -4.67. The van der Waals surface area contributed by atoms with E-state index in [0.717, 1.165) is 16.8 Å². The van der Waals surface area contributed by atoms with Gasteiger partial charge in [0, 0.05) is 16.8 Å². The molecular weight excluding hydrogens is 329 g/mol. The van der Waals surface area contributed by atoms with Crippen molar-refractivity contribution < 1.29 is 27.3 Å². The number of carbonyl (C=O) groups is 1. The van der Waals surface area contributed by atoms with E-state index in [9.17, 15) is 18.0 Å². The van der Waals surface area contributed by atoms with E-state index in [1.165, 1.54) is 0 Å². The summed E-state index contributed by atoms with van der Waals surface area (Å²) in [5, 5.41) is 6.42. The van der Waals surface area contributed by atoms with Crippen LogP contribution in [0.3, 0.4) is 0 Å². The number of rotatable bonds is 2. The Kier molecular flexibility index (Phi) is 2.23. The SMILES string of the molecule is O=C1NOC2C3=C(c4ccc(-c5noc(C(F)(F)F)n5)cc4)NC132. The first kappa shape index (κ1) is 13.5. The fraction of sp³-hybridized carbons (Fsp3) is 0.214. The van der Waals surface area contributed by atoms with Gasteiger partial charge in [-0.15, -0.1) is 0 Å². The zero-order chi connectivity index (χ0) is 16.7. The molecule has 2 aromatic rings. The predicted molar refractivity (Wildman–Crippen MR) is 70.5 cm³/mol. The summed E-state index contributed by atoms with van der Waals surface area (Å²) in [4.78, 5) is 20.1. The number of hydrogen-bond acceptors (Lipinski definition) is 6. The summed E-state index contributed by atoms with van der Waals surface area (Å²) in [7, 11) is 0. The molecule has 2 aliphatic heterocycles. The van der Waals surface area contributed by atoms with E-state index in [2.05, 4.69) is 25.5 Å². The quantitative estimate of drug-likeness (QED) is 0.858. The van der Waals surface area contributed by atoms with Gasteiger partial charge in [-0.3, -0.25) is 9.63 Å². The first-order chi connectivity index (χ1) is 11.4. The standard InChI is InChI=1S/C14H7F3N4O3/c15-14(16,17)12-18-10(20-24-12)6-3-1-5(2-4-6)8-7-9-13(7,19-8)11(22)21-23-9/h1-4,9,19H,(H,21,22). The zero-order valence-corrected chi connectivity index (χ0v) is 11.6. The Hall–Kier alpha value is -2.88. The summed E-state index contributed by atoms with van der Waals surface area (Å²) in [6.45, 7) is 0. The van der Waals surface area contributed by atoms with Gasteiger partial charge in [0.25, 0.3) is 5.91 Å². The number of alkyl halides is 3. The summed E-state index contributed by atoms with van der Waals surface area (Å²) in [6, 6.07) is 6.57. The summed E-state index contributed by atoms with van der Waals surface area (Å²) < 4.78 is 41.6. The monoisotopic (exact) mass is 336 g/mol. The van der Waals surface area contributed by atoms with Crippen molar-refractivity contribution >= 4 is 11.6 Å². The molecule has 3 heterocycles. The third-order valence-corrected chi connectivity index (χ3v) is 4.32. The lowest BCUT2D eigenvalue weighted by Gasteiger charge is -2.24. The lowest BCUT2D eigenvalue weighted by molar-refractivity contribution is -0.159. The number of amides is 1. The molecular formula is C14H7F3N4O3. The van der Waals surface area contributed by atoms with Gasteiger partial charge >= 0.3 is 12.1 Å². The molecule has 0 bridgehead atoms. The largest absolute Gasteiger partial charge is 0.471 e. The van der Waals surface area contributed by atoms with Crippen LogP contribution in [0.1, 0.15) is 11.5 Å². The summed E-state index contributed by atoms with van der Waals surface area (Å²) in [5.41, 5.74) is 4.46. The first-order valence-corrected chi connectivity index (χ1v) is 6.92. The van der Waals surface area contributed by atoms with Gasteiger partial charge in [0.05, 0.1) is 0 Å². The van der Waals surface area contributed by atoms with E-state index in [1.807, 2.05) is 0 Å². The Morgan fingerprint density at radius 1 is 1.17 bits per heavy atom. The van der Waals surface area contributed by atoms with Crippen LogP contribution in [0.5, 0.6) is 0 Å². The number of hydrogen-bond donors (Lipinski definition) is 2. The van der Waals surface area contributed by atoms with Gasteiger partial charge in [-0.25, -0.2) is 5.48 Å². The molecule has 10 heteroatoms. The number of benzene rings is 1. The van der Waals surface area contributed by atoms with Crippen LogP contribution in [-0.4, -0.2) is 27.7 Å². The molecule has 24 heavy (non-hydrogen) atoms. The molecule has 0 radical (unpaired) electrons. The van der Waals surface area contributed by atoms with E-state index in [-0.39, 0.29) is 17.8 Å². The van der Waals surface area contributed by atoms with Crippen LogP contribution < -0.4 is 10.8 Å². The minimum Gasteiger partial charge on any atom is -0.365 e. The Bertz CT molecular complexity index is 918. The van der Waals surface area contributed by atoms with Crippen LogP contribution in [0.2, 0.25) is 0 Å². The maximum Gasteiger partial charge on any atom is 0.471 e. The number of hydroxylamine groups is 1. The number of nitrogens with one attached hydrogen (secondary N) is 2. The highest BCUT2D eigenvalue weighted by Gasteiger charge is 2.78. The molecule has 7 nitrogen and oxygen atoms in total. The van der Waals surface area contributed by atoms with Crippen LogP contribution in [-0.2, 0) is 15.8 Å². The van der Waals surface area contributed by atoms with Gasteiger partial charge in [-0.1, -0.05) is 29.4 Å². The summed E-state index contributed by atoms with van der Waals surface area (Å²) >= 11 is 0. The Labute approximate surface area is 131 Å². The van der Waals surface area contributed by atoms with Crippen LogP contribution in [0, 0.1) is 0 Å². The van der Waals surface area contributed by atoms with Gasteiger partial charge in [-0.2, -0.15) is 18.2 Å². The van der Waals surface area contributed by atoms with Crippen molar-refractivity contribution in [1.82, 2.24) is 20.9 Å². The highest BCUT2D eigenvalue weighted by Crippen LogP contribution is 2.59. The highest BCUT2D eigenvalue weighted by molar-refractivity contribution is 6.09. The maximum absolute atomic E-state index is 12.5. The molecule has 122 valence electrons. The molecule has 2 unspecified atom stereocenters. The number of carbonyl (C=O) groups excluding carboxylic acids is 1. The lowest BCUT2D eigenvalue weighted by Crippen LogP contribution is -2.47. The van der Waals surface area contributed by atoms with E-state index in [1.54, 1.807) is 24.3 Å². The van der Waals surface area contributed by atoms with E-state index >= 15 is 0 Å². The number of fused-ring (bicyclic) bond motifs is 1. The van der Waals surface area contributed by atoms with Gasteiger partial charge in [-0.05, 0) is 5.56 Å². The maximum atomic E-state index is 12.5. The molecule has 1 spiro atoms. The van der Waals surface area contributed by atoms with E-state index in [0.29, 0.717) is 5.56 Å². The number of nitrogens with zero attached hydrogens (tertiary/aromatic N) is 2. The molecule has 3 aliphatic rings. The molecule has 1 aliphatic carbocycles. The smallest absolute Gasteiger partial charge is 0.365 e. The second-order valence-electron chi connectivity index (χ2n) is 5.65. The van der Waals surface area contributed by atoms with Crippen LogP contribution >= 0.6 is 0 Å². The van der Waals surface area contributed by atoms with Crippen LogP contribution in [0.15, 0.2) is 34.4 Å². The molecule has 1 amide bonds. The van der Waals surface area contributed by atoms with E-state index in [4.69, 9.17) is 4.84 Å². The van der Waals surface area contributed by atoms with Crippen molar-refractivity contribution in [2.75, 3.05) is 0 Å². The third kappa shape index (κ3) is 1.53. The van der Waals surface area contributed by atoms with Crippen molar-refractivity contribution in [2.45, 2.75) is 17.8 Å². The number of halogens is 3. The average molecular weight is 336 g/mol. The molecule has 1 aromatic heterocycles. The fourth-order valence-electron chi connectivity index (χ4n) is 3.07. The Morgan fingerprint density at radius 3 is 2.50 bits per heavy atom. The lowest BCUT2D eigenvalue weighted by atomic mass is 10.0. The van der Waals surface area contributed by atoms with Gasteiger partial charge in [0.15, 0.2) is 5.54 Å². The summed E-state index contributed by atoms with van der Waals surface area (Å²) in [5.74, 6) is -1.74. The van der Waals surface area contributed by atoms with Crippen LogP contribution in [0.4, 0.5) is 13.2 Å². The fourth-order valence-corrected chi connectivity index (χ4v) is 3.07. The number of aromatic nitrogens is 2. The molecule has 1 aromatic carbocycles. The molecule has 1 saturated carbocycles. The van der Waals surface area contributed by atoms with Gasteiger partial charge in [0.2, 0.25) is 5.82 Å². The summed E-state index contributed by atoms with van der Waals surface area (Å²) in [6.07, 6.45) is -4.96. The van der Waals surface area contributed by atoms with E-state index < -0.39 is 17.6 Å². The topological polar surface area (TPSA) is 89.3 Å². The third-order valence-electron chi connectivity index (χ3n) is 4.32. The molecule has 2 atom stereocenters. The van der Waals surface area contributed by atoms with Crippen molar-refractivity contribution in [1.29, 1.82) is 0 Å². The molecule has 5 rings (SSSR count). The average Bonchev–Trinajstić information content (AvgIpc) is 2.92. The van der Waals surface area contributed by atoms with Gasteiger partial charge in [0.1, 0.15) is 6.10 Å². The Balaban J connectivity index is 1.43. The molecule has 2 fully saturated rings. The second-order valence-corrected chi connectivity index (χ2v) is 5.65. The van der Waals surface area contributed by atoms with Crippen LogP contribution in [0.25, 0.3) is 17.1 Å². The zero-order valence-electron chi connectivity index (χ0n) is 11.6. The normalized spacial score (nSPS) is 27.1. The highest BCUT2D eigenvalue weighted by atomic mass is 19.4. The van der Waals surface area contributed by atoms with Crippen molar-refractivity contribution in [3.8, 4) is 11.4 Å². The Morgan fingerprint density at radius 2 is 1.88 bits per heavy atom. The van der Waals surface area contributed by atoms with Gasteiger partial charge < -0.3 is 9.84 Å². The van der Waals surface area contributed by atoms with Crippen molar-refractivity contribution in [3.63, 3.8) is 0 Å². The molecule has 1 saturated heterocycles. The van der Waals surface area contributed by atoms with Crippen molar-refractivity contribution in [3.05, 3.63) is 41.3 Å². The molecule has 2 N–H and O–H groups in total. The first-order valence-electron chi connectivity index (χ1n) is 6.92. The predicted octanol–water partition coefficient (Wildman–Crippen LogP) is 1.25. The minimum absolute atomic E-state index is 0.143.